The summed E-state index contributed by atoms with van der Waals surface area (Å²) >= 11 is 0. The van der Waals surface area contributed by atoms with E-state index in [0.717, 1.165) is 17.5 Å². The van der Waals surface area contributed by atoms with Crippen molar-refractivity contribution >= 4 is 6.29 Å². The summed E-state index contributed by atoms with van der Waals surface area (Å²) in [6, 6.07) is 10.6. The Morgan fingerprint density at radius 1 is 0.955 bits per heavy atom. The van der Waals surface area contributed by atoms with Gasteiger partial charge in [0.05, 0.1) is 0 Å². The van der Waals surface area contributed by atoms with Gasteiger partial charge in [-0.05, 0) is 43.3 Å². The molecule has 2 heterocycles. The van der Waals surface area contributed by atoms with Crippen molar-refractivity contribution in [3.63, 3.8) is 0 Å². The van der Waals surface area contributed by atoms with Crippen LogP contribution in [-0.2, 0) is 0 Å². The normalized spacial score (nSPS) is 10.2. The summed E-state index contributed by atoms with van der Waals surface area (Å²) in [5, 5.41) is 0. The topological polar surface area (TPSA) is 65.0 Å². The molecule has 5 heteroatoms. The van der Waals surface area contributed by atoms with Gasteiger partial charge in [-0.2, -0.15) is 0 Å². The second kappa shape index (κ2) is 6.13. The Morgan fingerprint density at radius 2 is 1.73 bits per heavy atom. The Balaban J connectivity index is 1.95. The summed E-state index contributed by atoms with van der Waals surface area (Å²) < 4.78 is 5.79. The molecular formula is C17H13N3O2. The maximum absolute atomic E-state index is 10.7. The number of rotatable bonds is 4. The predicted molar refractivity (Wildman–Crippen MR) is 81.9 cm³/mol. The molecule has 0 aliphatic carbocycles. The van der Waals surface area contributed by atoms with Crippen LogP contribution in [0.3, 0.4) is 0 Å². The maximum Gasteiger partial charge on any atom is 0.246 e. The van der Waals surface area contributed by atoms with E-state index in [4.69, 9.17) is 4.74 Å². The van der Waals surface area contributed by atoms with Crippen LogP contribution in [0.15, 0.2) is 55.0 Å². The SMILES string of the molecule is Cc1cc(-c2nccnc2Oc2ccc(C=O)cc2)ccn1. The number of benzene rings is 1. The lowest BCUT2D eigenvalue weighted by Crippen LogP contribution is -1.95. The minimum absolute atomic E-state index is 0.409. The second-order valence-corrected chi connectivity index (χ2v) is 4.68. The molecule has 1 aromatic carbocycles. The molecule has 0 atom stereocenters. The maximum atomic E-state index is 10.7. The molecule has 0 spiro atoms. The van der Waals surface area contributed by atoms with Gasteiger partial charge in [-0.1, -0.05) is 0 Å². The van der Waals surface area contributed by atoms with E-state index < -0.39 is 0 Å². The Morgan fingerprint density at radius 3 is 2.45 bits per heavy atom. The Kier molecular flexibility index (Phi) is 3.87. The van der Waals surface area contributed by atoms with Crippen molar-refractivity contribution in [1.29, 1.82) is 0 Å². The molecular weight excluding hydrogens is 278 g/mol. The molecule has 3 aromatic rings. The van der Waals surface area contributed by atoms with Crippen LogP contribution in [0.2, 0.25) is 0 Å². The lowest BCUT2D eigenvalue weighted by Gasteiger charge is -2.09. The number of carbonyl (C=O) groups is 1. The van der Waals surface area contributed by atoms with Gasteiger partial charge in [-0.25, -0.2) is 9.97 Å². The number of hydrogen-bond donors (Lipinski definition) is 0. The van der Waals surface area contributed by atoms with E-state index in [1.165, 1.54) is 0 Å². The third kappa shape index (κ3) is 2.98. The quantitative estimate of drug-likeness (QED) is 0.689. The molecule has 2 aromatic heterocycles. The number of pyridine rings is 1. The lowest BCUT2D eigenvalue weighted by atomic mass is 10.1. The third-order valence-electron chi connectivity index (χ3n) is 3.07. The number of aryl methyl sites for hydroxylation is 1. The first-order valence-electron chi connectivity index (χ1n) is 6.73. The highest BCUT2D eigenvalue weighted by molar-refractivity contribution is 5.75. The molecule has 0 saturated carbocycles. The minimum Gasteiger partial charge on any atom is -0.437 e. The number of ether oxygens (including phenoxy) is 1. The van der Waals surface area contributed by atoms with E-state index in [-0.39, 0.29) is 0 Å². The summed E-state index contributed by atoms with van der Waals surface area (Å²) in [6.45, 7) is 1.92. The van der Waals surface area contributed by atoms with Crippen molar-refractivity contribution in [2.24, 2.45) is 0 Å². The van der Waals surface area contributed by atoms with Crippen LogP contribution in [0.5, 0.6) is 11.6 Å². The zero-order valence-electron chi connectivity index (χ0n) is 11.9. The highest BCUT2D eigenvalue weighted by Gasteiger charge is 2.10. The minimum atomic E-state index is 0.409. The molecule has 0 aliphatic heterocycles. The van der Waals surface area contributed by atoms with Crippen LogP contribution in [-0.4, -0.2) is 21.2 Å². The molecule has 0 saturated heterocycles. The predicted octanol–water partition coefficient (Wildman–Crippen LogP) is 3.45. The van der Waals surface area contributed by atoms with Gasteiger partial charge in [0, 0.05) is 35.4 Å². The number of nitrogens with zero attached hydrogens (tertiary/aromatic N) is 3. The second-order valence-electron chi connectivity index (χ2n) is 4.68. The van der Waals surface area contributed by atoms with Crippen molar-refractivity contribution in [3.8, 4) is 22.9 Å². The largest absolute Gasteiger partial charge is 0.437 e. The van der Waals surface area contributed by atoms with Gasteiger partial charge in [0.2, 0.25) is 5.88 Å². The molecule has 108 valence electrons. The monoisotopic (exact) mass is 291 g/mol. The van der Waals surface area contributed by atoms with Crippen LogP contribution < -0.4 is 4.74 Å². The van der Waals surface area contributed by atoms with Crippen molar-refractivity contribution in [1.82, 2.24) is 15.0 Å². The van der Waals surface area contributed by atoms with Gasteiger partial charge < -0.3 is 4.74 Å². The van der Waals surface area contributed by atoms with Gasteiger partial charge >= 0.3 is 0 Å². The van der Waals surface area contributed by atoms with E-state index in [2.05, 4.69) is 15.0 Å². The van der Waals surface area contributed by atoms with Gasteiger partial charge in [-0.15, -0.1) is 0 Å². The molecule has 22 heavy (non-hydrogen) atoms. The molecule has 0 aliphatic rings. The highest BCUT2D eigenvalue weighted by Crippen LogP contribution is 2.29. The zero-order chi connectivity index (χ0) is 15.4. The lowest BCUT2D eigenvalue weighted by molar-refractivity contribution is 0.112. The summed E-state index contributed by atoms with van der Waals surface area (Å²) in [4.78, 5) is 23.5. The fourth-order valence-electron chi connectivity index (χ4n) is 2.02. The molecule has 0 unspecified atom stereocenters. The fraction of sp³-hybridized carbons (Fsp3) is 0.0588. The van der Waals surface area contributed by atoms with E-state index in [1.807, 2.05) is 19.1 Å². The number of carbonyl (C=O) groups excluding carboxylic acids is 1. The first-order chi connectivity index (χ1) is 10.8. The molecule has 5 nitrogen and oxygen atoms in total. The van der Waals surface area contributed by atoms with Crippen molar-refractivity contribution in [2.75, 3.05) is 0 Å². The number of aromatic nitrogens is 3. The van der Waals surface area contributed by atoms with Gasteiger partial charge in [0.15, 0.2) is 0 Å². The molecule has 0 amide bonds. The van der Waals surface area contributed by atoms with Crippen molar-refractivity contribution in [2.45, 2.75) is 6.92 Å². The zero-order valence-corrected chi connectivity index (χ0v) is 11.9. The van der Waals surface area contributed by atoms with Crippen molar-refractivity contribution in [3.05, 3.63) is 66.2 Å². The molecule has 0 bridgehead atoms. The summed E-state index contributed by atoms with van der Waals surface area (Å²) in [7, 11) is 0. The van der Waals surface area contributed by atoms with E-state index in [1.54, 1.807) is 42.9 Å². The Hall–Kier alpha value is -3.08. The van der Waals surface area contributed by atoms with Gasteiger partial charge in [0.1, 0.15) is 17.7 Å². The molecule has 0 radical (unpaired) electrons. The fourth-order valence-corrected chi connectivity index (χ4v) is 2.02. The average Bonchev–Trinajstić information content (AvgIpc) is 2.56. The van der Waals surface area contributed by atoms with E-state index in [0.29, 0.717) is 22.9 Å². The highest BCUT2D eigenvalue weighted by atomic mass is 16.5. The van der Waals surface area contributed by atoms with Crippen LogP contribution in [0, 0.1) is 6.92 Å². The summed E-state index contributed by atoms with van der Waals surface area (Å²) in [5.74, 6) is 1.00. The smallest absolute Gasteiger partial charge is 0.246 e. The van der Waals surface area contributed by atoms with Gasteiger partial charge in [0.25, 0.3) is 0 Å². The third-order valence-corrected chi connectivity index (χ3v) is 3.07. The molecule has 0 N–H and O–H groups in total. The summed E-state index contributed by atoms with van der Waals surface area (Å²) in [5.41, 5.74) is 3.02. The number of aldehydes is 1. The Labute approximate surface area is 127 Å². The van der Waals surface area contributed by atoms with Crippen LogP contribution >= 0.6 is 0 Å². The molecule has 0 fully saturated rings. The van der Waals surface area contributed by atoms with E-state index >= 15 is 0 Å². The summed E-state index contributed by atoms with van der Waals surface area (Å²) in [6.07, 6.45) is 5.71. The number of hydrogen-bond acceptors (Lipinski definition) is 5. The molecule has 3 rings (SSSR count). The van der Waals surface area contributed by atoms with Crippen molar-refractivity contribution < 1.29 is 9.53 Å². The van der Waals surface area contributed by atoms with E-state index in [9.17, 15) is 4.79 Å². The van der Waals surface area contributed by atoms with Gasteiger partial charge in [-0.3, -0.25) is 9.78 Å². The standard InChI is InChI=1S/C17H13N3O2/c1-12-10-14(6-7-18-12)16-17(20-9-8-19-16)22-15-4-2-13(11-21)3-5-15/h2-11H,1H3. The average molecular weight is 291 g/mol. The van der Waals surface area contributed by atoms with Crippen LogP contribution in [0.4, 0.5) is 0 Å². The first-order valence-corrected chi connectivity index (χ1v) is 6.73. The van der Waals surface area contributed by atoms with Crippen LogP contribution in [0.1, 0.15) is 16.1 Å². The first kappa shape index (κ1) is 13.9. The Bertz CT molecular complexity index is 801. The van der Waals surface area contributed by atoms with Crippen LogP contribution in [0.25, 0.3) is 11.3 Å².